The molecule has 1 unspecified atom stereocenters. The molecular formula is C16H16N3O2S-. The van der Waals surface area contributed by atoms with Gasteiger partial charge in [0.25, 0.3) is 0 Å². The first-order valence-corrected chi connectivity index (χ1v) is 8.30. The smallest absolute Gasteiger partial charge is 0.114 e. The van der Waals surface area contributed by atoms with E-state index in [9.17, 15) is 8.76 Å². The topological polar surface area (TPSA) is 70.0 Å². The quantitative estimate of drug-likeness (QED) is 0.735. The highest BCUT2D eigenvalue weighted by Gasteiger charge is 2.11. The number of imidazole rings is 1. The van der Waals surface area contributed by atoms with Crippen LogP contribution in [-0.4, -0.2) is 24.2 Å². The van der Waals surface area contributed by atoms with Crippen molar-refractivity contribution >= 4 is 27.8 Å². The van der Waals surface area contributed by atoms with E-state index in [1.165, 1.54) is 0 Å². The first-order chi connectivity index (χ1) is 10.7. The fraction of sp³-hybridized carbons (Fsp3) is 0.188. The summed E-state index contributed by atoms with van der Waals surface area (Å²) in [6, 6.07) is 15.8. The number of aryl methyl sites for hydroxylation is 1. The van der Waals surface area contributed by atoms with E-state index in [1.807, 2.05) is 48.5 Å². The van der Waals surface area contributed by atoms with Gasteiger partial charge in [0, 0.05) is 17.8 Å². The molecule has 114 valence electrons. The zero-order chi connectivity index (χ0) is 15.5. The van der Waals surface area contributed by atoms with Crippen LogP contribution < -0.4 is 5.32 Å². The first-order valence-electron chi connectivity index (χ1n) is 7.05. The summed E-state index contributed by atoms with van der Waals surface area (Å²) in [5.41, 5.74) is 3.68. The second-order valence-corrected chi connectivity index (χ2v) is 5.78. The Morgan fingerprint density at radius 1 is 1.23 bits per heavy atom. The number of para-hydroxylation sites is 1. The number of fused-ring (bicyclic) bond motifs is 1. The van der Waals surface area contributed by atoms with Crippen LogP contribution in [0.4, 0.5) is 5.69 Å². The Morgan fingerprint density at radius 2 is 2.00 bits per heavy atom. The van der Waals surface area contributed by atoms with Crippen LogP contribution in [0.1, 0.15) is 12.7 Å². The highest BCUT2D eigenvalue weighted by atomic mass is 32.2. The van der Waals surface area contributed by atoms with Crippen molar-refractivity contribution in [3.8, 4) is 5.69 Å². The van der Waals surface area contributed by atoms with Gasteiger partial charge in [0.15, 0.2) is 0 Å². The SMILES string of the molecule is CCc1nc2cc(NCS(=O)[O-])ccc2n1-c1ccccc1. The molecular weight excluding hydrogens is 298 g/mol. The molecule has 22 heavy (non-hydrogen) atoms. The van der Waals surface area contributed by atoms with E-state index in [1.54, 1.807) is 0 Å². The monoisotopic (exact) mass is 314 g/mol. The number of nitrogens with zero attached hydrogens (tertiary/aromatic N) is 2. The molecule has 0 radical (unpaired) electrons. The number of benzene rings is 2. The minimum absolute atomic E-state index is 0.106. The summed E-state index contributed by atoms with van der Waals surface area (Å²) < 4.78 is 23.4. The average Bonchev–Trinajstić information content (AvgIpc) is 2.91. The number of nitrogens with one attached hydrogen (secondary N) is 1. The van der Waals surface area contributed by atoms with Crippen molar-refractivity contribution in [2.45, 2.75) is 13.3 Å². The molecule has 0 saturated carbocycles. The van der Waals surface area contributed by atoms with Crippen molar-refractivity contribution in [1.82, 2.24) is 9.55 Å². The molecule has 0 amide bonds. The third-order valence-electron chi connectivity index (χ3n) is 3.45. The summed E-state index contributed by atoms with van der Waals surface area (Å²) in [7, 11) is 0. The Morgan fingerprint density at radius 3 is 2.68 bits per heavy atom. The Bertz CT molecular complexity index is 815. The maximum atomic E-state index is 10.6. The molecule has 0 saturated heterocycles. The van der Waals surface area contributed by atoms with Gasteiger partial charge in [0.2, 0.25) is 0 Å². The summed E-state index contributed by atoms with van der Waals surface area (Å²) in [4.78, 5) is 4.66. The molecule has 0 aliphatic heterocycles. The average molecular weight is 314 g/mol. The highest BCUT2D eigenvalue weighted by Crippen LogP contribution is 2.24. The van der Waals surface area contributed by atoms with Crippen LogP contribution in [0.5, 0.6) is 0 Å². The highest BCUT2D eigenvalue weighted by molar-refractivity contribution is 7.79. The standard InChI is InChI=1S/C16H17N3O2S/c1-2-16-18-14-10-12(17-11-22(20)21)8-9-15(14)19(16)13-6-4-3-5-7-13/h3-10,17H,2,11H2,1H3,(H,20,21)/p-1. The largest absolute Gasteiger partial charge is 0.771 e. The number of rotatable bonds is 5. The predicted molar refractivity (Wildman–Crippen MR) is 87.9 cm³/mol. The van der Waals surface area contributed by atoms with Crippen LogP contribution in [0.3, 0.4) is 0 Å². The lowest BCUT2D eigenvalue weighted by atomic mass is 10.2. The molecule has 3 rings (SSSR count). The van der Waals surface area contributed by atoms with E-state index in [4.69, 9.17) is 0 Å². The van der Waals surface area contributed by atoms with Crippen molar-refractivity contribution in [1.29, 1.82) is 0 Å². The van der Waals surface area contributed by atoms with Gasteiger partial charge in [0.1, 0.15) is 5.82 Å². The van der Waals surface area contributed by atoms with E-state index in [-0.39, 0.29) is 5.88 Å². The molecule has 6 heteroatoms. The van der Waals surface area contributed by atoms with Gasteiger partial charge >= 0.3 is 0 Å². The van der Waals surface area contributed by atoms with Gasteiger partial charge in [-0.1, -0.05) is 25.1 Å². The van der Waals surface area contributed by atoms with Crippen molar-refractivity contribution in [2.24, 2.45) is 0 Å². The van der Waals surface area contributed by atoms with Gasteiger partial charge in [-0.2, -0.15) is 0 Å². The van der Waals surface area contributed by atoms with Gasteiger partial charge in [-0.05, 0) is 41.4 Å². The molecule has 1 N–H and O–H groups in total. The molecule has 1 atom stereocenters. The van der Waals surface area contributed by atoms with Crippen molar-refractivity contribution in [3.05, 3.63) is 54.4 Å². The minimum atomic E-state index is -2.12. The Hall–Kier alpha value is -2.18. The lowest BCUT2D eigenvalue weighted by Gasteiger charge is -2.10. The summed E-state index contributed by atoms with van der Waals surface area (Å²) in [5.74, 6) is 0.872. The second kappa shape index (κ2) is 6.29. The molecule has 5 nitrogen and oxygen atoms in total. The summed E-state index contributed by atoms with van der Waals surface area (Å²) >= 11 is -2.12. The van der Waals surface area contributed by atoms with Crippen LogP contribution in [0.2, 0.25) is 0 Å². The van der Waals surface area contributed by atoms with Crippen molar-refractivity contribution < 1.29 is 8.76 Å². The number of aromatic nitrogens is 2. The lowest BCUT2D eigenvalue weighted by Crippen LogP contribution is -2.06. The molecule has 0 aliphatic rings. The van der Waals surface area contributed by atoms with Crippen LogP contribution in [0.15, 0.2) is 48.5 Å². The Kier molecular flexibility index (Phi) is 4.22. The van der Waals surface area contributed by atoms with E-state index >= 15 is 0 Å². The fourth-order valence-electron chi connectivity index (χ4n) is 2.48. The number of hydrogen-bond donors (Lipinski definition) is 1. The third-order valence-corrected chi connectivity index (χ3v) is 3.83. The summed E-state index contributed by atoms with van der Waals surface area (Å²) in [6.45, 7) is 2.07. The molecule has 1 aromatic heterocycles. The Labute approximate surface area is 131 Å². The number of hydrogen-bond acceptors (Lipinski definition) is 4. The van der Waals surface area contributed by atoms with E-state index in [2.05, 4.69) is 21.8 Å². The molecule has 0 aliphatic carbocycles. The molecule has 0 fully saturated rings. The van der Waals surface area contributed by atoms with Crippen LogP contribution in [0, 0.1) is 0 Å². The number of anilines is 1. The van der Waals surface area contributed by atoms with Crippen LogP contribution in [-0.2, 0) is 17.5 Å². The maximum absolute atomic E-state index is 10.6. The van der Waals surface area contributed by atoms with E-state index in [0.29, 0.717) is 0 Å². The van der Waals surface area contributed by atoms with Gasteiger partial charge in [-0.25, -0.2) is 4.98 Å². The fourth-order valence-corrected chi connectivity index (χ4v) is 2.77. The van der Waals surface area contributed by atoms with Gasteiger partial charge in [-0.3, -0.25) is 8.78 Å². The molecule has 2 aromatic carbocycles. The maximum Gasteiger partial charge on any atom is 0.114 e. The minimum Gasteiger partial charge on any atom is -0.771 e. The first kappa shape index (κ1) is 14.7. The molecule has 3 aromatic rings. The van der Waals surface area contributed by atoms with Gasteiger partial charge in [0.05, 0.1) is 16.9 Å². The normalized spacial score (nSPS) is 12.5. The predicted octanol–water partition coefficient (Wildman–Crippen LogP) is 2.84. The summed E-state index contributed by atoms with van der Waals surface area (Å²) in [6.07, 6.45) is 0.816. The molecule has 0 spiro atoms. The van der Waals surface area contributed by atoms with Crippen molar-refractivity contribution in [2.75, 3.05) is 11.2 Å². The van der Waals surface area contributed by atoms with Crippen LogP contribution >= 0.6 is 0 Å². The van der Waals surface area contributed by atoms with Gasteiger partial charge < -0.3 is 9.87 Å². The third kappa shape index (κ3) is 2.88. The van der Waals surface area contributed by atoms with E-state index in [0.717, 1.165) is 34.7 Å². The lowest BCUT2D eigenvalue weighted by molar-refractivity contribution is 0.539. The molecule has 1 heterocycles. The van der Waals surface area contributed by atoms with E-state index < -0.39 is 11.1 Å². The van der Waals surface area contributed by atoms with Crippen molar-refractivity contribution in [3.63, 3.8) is 0 Å². The second-order valence-electron chi connectivity index (χ2n) is 4.88. The molecule has 0 bridgehead atoms. The van der Waals surface area contributed by atoms with Gasteiger partial charge in [-0.15, -0.1) is 0 Å². The van der Waals surface area contributed by atoms with Crippen LogP contribution in [0.25, 0.3) is 16.7 Å². The zero-order valence-electron chi connectivity index (χ0n) is 12.2. The zero-order valence-corrected chi connectivity index (χ0v) is 13.0. The Balaban J connectivity index is 2.07. The summed E-state index contributed by atoms with van der Waals surface area (Å²) in [5, 5.41) is 2.86.